The smallest absolute Gasteiger partial charge is 0.188 e. The highest BCUT2D eigenvalue weighted by molar-refractivity contribution is 7.99. The van der Waals surface area contributed by atoms with Gasteiger partial charge in [-0.1, -0.05) is 36.0 Å². The Bertz CT molecular complexity index is 715. The van der Waals surface area contributed by atoms with Gasteiger partial charge < -0.3 is 15.5 Å². The summed E-state index contributed by atoms with van der Waals surface area (Å²) in [7, 11) is 0. The van der Waals surface area contributed by atoms with Crippen molar-refractivity contribution in [1.29, 1.82) is 5.41 Å². The molecule has 24 heavy (non-hydrogen) atoms. The van der Waals surface area contributed by atoms with Crippen molar-refractivity contribution in [2.24, 2.45) is 11.7 Å². The second-order valence-electron chi connectivity index (χ2n) is 6.49. The number of hydrogen-bond acceptors (Lipinski definition) is 3. The molecule has 0 saturated carbocycles. The van der Waals surface area contributed by atoms with E-state index in [0.717, 1.165) is 26.1 Å². The first kappa shape index (κ1) is 15.4. The quantitative estimate of drug-likeness (QED) is 0.644. The fourth-order valence-corrected chi connectivity index (χ4v) is 4.76. The van der Waals surface area contributed by atoms with E-state index in [1.807, 2.05) is 16.7 Å². The molecule has 0 amide bonds. The van der Waals surface area contributed by atoms with Gasteiger partial charge in [0, 0.05) is 29.4 Å². The summed E-state index contributed by atoms with van der Waals surface area (Å²) in [6.07, 6.45) is 2.30. The van der Waals surface area contributed by atoms with Crippen LogP contribution in [-0.4, -0.2) is 30.5 Å². The van der Waals surface area contributed by atoms with Crippen LogP contribution < -0.4 is 10.6 Å². The van der Waals surface area contributed by atoms with Crippen LogP contribution in [0.2, 0.25) is 0 Å². The van der Waals surface area contributed by atoms with E-state index in [1.165, 1.54) is 27.6 Å². The summed E-state index contributed by atoms with van der Waals surface area (Å²) in [5.74, 6) is 0.724. The van der Waals surface area contributed by atoms with Crippen LogP contribution in [0.5, 0.6) is 0 Å². The summed E-state index contributed by atoms with van der Waals surface area (Å²) >= 11 is 1.85. The fraction of sp³-hybridized carbons (Fsp3) is 0.316. The molecular formula is C19H22N4S. The molecule has 2 aromatic rings. The second-order valence-corrected chi connectivity index (χ2v) is 7.57. The zero-order valence-electron chi connectivity index (χ0n) is 13.6. The van der Waals surface area contributed by atoms with E-state index in [-0.39, 0.29) is 5.96 Å². The van der Waals surface area contributed by atoms with Crippen LogP contribution in [0.4, 0.5) is 11.4 Å². The third-order valence-electron chi connectivity index (χ3n) is 4.83. The molecule has 1 saturated heterocycles. The Morgan fingerprint density at radius 1 is 1.08 bits per heavy atom. The highest BCUT2D eigenvalue weighted by atomic mass is 32.2. The van der Waals surface area contributed by atoms with Crippen molar-refractivity contribution >= 4 is 29.1 Å². The minimum atomic E-state index is 0.203. The summed E-state index contributed by atoms with van der Waals surface area (Å²) in [6, 6.07) is 17.3. The van der Waals surface area contributed by atoms with Gasteiger partial charge in [0.15, 0.2) is 5.96 Å². The summed E-state index contributed by atoms with van der Waals surface area (Å²) in [4.78, 5) is 7.09. The Labute approximate surface area is 147 Å². The first-order valence-corrected chi connectivity index (χ1v) is 9.26. The molecule has 4 rings (SSSR count). The van der Waals surface area contributed by atoms with Gasteiger partial charge in [-0.25, -0.2) is 0 Å². The lowest BCUT2D eigenvalue weighted by Crippen LogP contribution is -2.46. The lowest BCUT2D eigenvalue weighted by molar-refractivity contribution is 0.259. The number of para-hydroxylation sites is 2. The lowest BCUT2D eigenvalue weighted by Gasteiger charge is -2.39. The Hall–Kier alpha value is -2.14. The van der Waals surface area contributed by atoms with Crippen LogP contribution in [-0.2, 0) is 0 Å². The minimum Gasteiger partial charge on any atom is -0.370 e. The standard InChI is InChI=1S/C19H22N4S/c20-19(21)22-11-5-6-14(12-22)13-23-15-7-1-3-9-17(15)24-18-10-4-2-8-16(18)23/h1-4,7-10,14H,5-6,11-13H2,(H3,20,21). The first-order chi connectivity index (χ1) is 11.7. The largest absolute Gasteiger partial charge is 0.370 e. The van der Waals surface area contributed by atoms with Crippen LogP contribution in [0.15, 0.2) is 58.3 Å². The number of nitrogens with two attached hydrogens (primary N) is 1. The van der Waals surface area contributed by atoms with Gasteiger partial charge in [0.25, 0.3) is 0 Å². The number of nitrogens with one attached hydrogen (secondary N) is 1. The molecule has 0 radical (unpaired) electrons. The van der Waals surface area contributed by atoms with E-state index >= 15 is 0 Å². The van der Waals surface area contributed by atoms with E-state index in [1.54, 1.807) is 0 Å². The van der Waals surface area contributed by atoms with E-state index in [9.17, 15) is 0 Å². The maximum atomic E-state index is 7.72. The number of guanidine groups is 1. The van der Waals surface area contributed by atoms with Crippen molar-refractivity contribution in [2.75, 3.05) is 24.5 Å². The molecule has 0 spiro atoms. The SMILES string of the molecule is N=C(N)N1CCCC(CN2c3ccccc3Sc3ccccc32)C1. The van der Waals surface area contributed by atoms with E-state index in [4.69, 9.17) is 11.1 Å². The van der Waals surface area contributed by atoms with Gasteiger partial charge in [-0.05, 0) is 43.0 Å². The number of benzene rings is 2. The van der Waals surface area contributed by atoms with E-state index in [0.29, 0.717) is 5.92 Å². The molecule has 1 fully saturated rings. The molecule has 1 atom stereocenters. The Kier molecular flexibility index (Phi) is 4.10. The number of likely N-dealkylation sites (tertiary alicyclic amines) is 1. The molecule has 0 aliphatic carbocycles. The molecular weight excluding hydrogens is 316 g/mol. The highest BCUT2D eigenvalue weighted by Gasteiger charge is 2.28. The van der Waals surface area contributed by atoms with Gasteiger partial charge in [0.1, 0.15) is 0 Å². The van der Waals surface area contributed by atoms with Crippen LogP contribution in [0.1, 0.15) is 12.8 Å². The van der Waals surface area contributed by atoms with Gasteiger partial charge in [-0.2, -0.15) is 0 Å². The molecule has 2 aromatic carbocycles. The van der Waals surface area contributed by atoms with E-state index < -0.39 is 0 Å². The van der Waals surface area contributed by atoms with Crippen LogP contribution >= 0.6 is 11.8 Å². The predicted molar refractivity (Wildman–Crippen MR) is 100 cm³/mol. The molecule has 0 bridgehead atoms. The molecule has 0 aromatic heterocycles. The lowest BCUT2D eigenvalue weighted by atomic mass is 9.97. The highest BCUT2D eigenvalue weighted by Crippen LogP contribution is 2.48. The molecule has 5 heteroatoms. The molecule has 124 valence electrons. The molecule has 2 aliphatic rings. The minimum absolute atomic E-state index is 0.203. The topological polar surface area (TPSA) is 56.4 Å². The maximum Gasteiger partial charge on any atom is 0.188 e. The van der Waals surface area contributed by atoms with Gasteiger partial charge in [-0.3, -0.25) is 5.41 Å². The molecule has 2 aliphatic heterocycles. The van der Waals surface area contributed by atoms with Crippen LogP contribution in [0, 0.1) is 11.3 Å². The molecule has 2 heterocycles. The fourth-order valence-electron chi connectivity index (χ4n) is 3.67. The number of piperidine rings is 1. The van der Waals surface area contributed by atoms with Crippen molar-refractivity contribution < 1.29 is 0 Å². The zero-order chi connectivity index (χ0) is 16.5. The van der Waals surface area contributed by atoms with Crippen molar-refractivity contribution in [1.82, 2.24) is 4.90 Å². The Balaban J connectivity index is 1.64. The van der Waals surface area contributed by atoms with Gasteiger partial charge in [0.2, 0.25) is 0 Å². The third kappa shape index (κ3) is 2.84. The zero-order valence-corrected chi connectivity index (χ0v) is 14.4. The number of nitrogens with zero attached hydrogens (tertiary/aromatic N) is 2. The predicted octanol–water partition coefficient (Wildman–Crippen LogP) is 3.89. The van der Waals surface area contributed by atoms with Crippen molar-refractivity contribution in [2.45, 2.75) is 22.6 Å². The molecule has 3 N–H and O–H groups in total. The van der Waals surface area contributed by atoms with Crippen molar-refractivity contribution in [3.8, 4) is 0 Å². The summed E-state index contributed by atoms with van der Waals surface area (Å²) in [5.41, 5.74) is 8.29. The normalized spacial score (nSPS) is 19.6. The van der Waals surface area contributed by atoms with Crippen LogP contribution in [0.25, 0.3) is 0 Å². The average Bonchev–Trinajstić information content (AvgIpc) is 2.62. The van der Waals surface area contributed by atoms with Crippen LogP contribution in [0.3, 0.4) is 0 Å². The second kappa shape index (κ2) is 6.40. The van der Waals surface area contributed by atoms with Gasteiger partial charge in [-0.15, -0.1) is 0 Å². The summed E-state index contributed by atoms with van der Waals surface area (Å²) < 4.78 is 0. The first-order valence-electron chi connectivity index (χ1n) is 8.45. The van der Waals surface area contributed by atoms with Crippen molar-refractivity contribution in [3.05, 3.63) is 48.5 Å². The average molecular weight is 338 g/mol. The molecule has 1 unspecified atom stereocenters. The summed E-state index contributed by atoms with van der Waals surface area (Å²) in [5, 5.41) is 7.72. The number of anilines is 2. The third-order valence-corrected chi connectivity index (χ3v) is 5.96. The summed E-state index contributed by atoms with van der Waals surface area (Å²) in [6.45, 7) is 2.76. The van der Waals surface area contributed by atoms with Crippen molar-refractivity contribution in [3.63, 3.8) is 0 Å². The van der Waals surface area contributed by atoms with Gasteiger partial charge in [0.05, 0.1) is 11.4 Å². The monoisotopic (exact) mass is 338 g/mol. The Morgan fingerprint density at radius 2 is 1.71 bits per heavy atom. The number of rotatable bonds is 2. The van der Waals surface area contributed by atoms with E-state index in [2.05, 4.69) is 53.4 Å². The number of fused-ring (bicyclic) bond motifs is 2. The van der Waals surface area contributed by atoms with Gasteiger partial charge >= 0.3 is 0 Å². The number of hydrogen-bond donors (Lipinski definition) is 2. The molecule has 4 nitrogen and oxygen atoms in total. The maximum absolute atomic E-state index is 7.72. The Morgan fingerprint density at radius 3 is 2.33 bits per heavy atom.